The number of carboxylic acids is 2. The highest BCUT2D eigenvalue weighted by Crippen LogP contribution is 2.27. The molecule has 2 fully saturated rings. The molecule has 1 aliphatic carbocycles. The number of amides is 1. The molecular formula is C22H32N2O7. The van der Waals surface area contributed by atoms with Gasteiger partial charge in [-0.1, -0.05) is 6.92 Å². The lowest BCUT2D eigenvalue weighted by Crippen LogP contribution is -2.53. The Balaban J connectivity index is 0.000000501. The molecule has 1 aromatic rings. The molecule has 0 bridgehead atoms. The number of benzene rings is 1. The van der Waals surface area contributed by atoms with Crippen LogP contribution in [0.25, 0.3) is 0 Å². The standard InChI is InChI=1S/C20H30N2O3.C2H2O4/c1-16-3-5-17(6-4-16)21-11-13-22(14-12-21)20(23)15-25-19-9-7-18(24-2)8-10-19;3-1(4)2(5)6/h7-10,16-17H,3-6,11-15H2,1-2H3;(H,3,4)(H,5,6). The zero-order chi connectivity index (χ0) is 22.8. The van der Waals surface area contributed by atoms with Crippen molar-refractivity contribution in [2.75, 3.05) is 39.9 Å². The van der Waals surface area contributed by atoms with Gasteiger partial charge in [-0.3, -0.25) is 9.69 Å². The van der Waals surface area contributed by atoms with Gasteiger partial charge in [-0.25, -0.2) is 9.59 Å². The Bertz CT molecular complexity index is 710. The van der Waals surface area contributed by atoms with E-state index in [1.807, 2.05) is 29.2 Å². The van der Waals surface area contributed by atoms with Gasteiger partial charge in [0.25, 0.3) is 5.91 Å². The minimum atomic E-state index is -1.82. The Kier molecular flexibility index (Phi) is 9.58. The first-order valence-corrected chi connectivity index (χ1v) is 10.5. The molecule has 3 rings (SSSR count). The summed E-state index contributed by atoms with van der Waals surface area (Å²) in [5.41, 5.74) is 0. The number of carbonyl (C=O) groups is 3. The number of carbonyl (C=O) groups excluding carboxylic acids is 1. The van der Waals surface area contributed by atoms with Crippen LogP contribution >= 0.6 is 0 Å². The molecule has 9 heteroatoms. The van der Waals surface area contributed by atoms with Gasteiger partial charge in [0.1, 0.15) is 11.5 Å². The van der Waals surface area contributed by atoms with Crippen molar-refractivity contribution in [1.82, 2.24) is 9.80 Å². The van der Waals surface area contributed by atoms with Crippen molar-refractivity contribution in [3.05, 3.63) is 24.3 Å². The van der Waals surface area contributed by atoms with Gasteiger partial charge in [-0.15, -0.1) is 0 Å². The largest absolute Gasteiger partial charge is 0.497 e. The van der Waals surface area contributed by atoms with Crippen molar-refractivity contribution in [1.29, 1.82) is 0 Å². The van der Waals surface area contributed by atoms with E-state index in [-0.39, 0.29) is 12.5 Å². The van der Waals surface area contributed by atoms with Gasteiger partial charge in [-0.2, -0.15) is 0 Å². The molecule has 0 radical (unpaired) electrons. The van der Waals surface area contributed by atoms with Gasteiger partial charge < -0.3 is 24.6 Å². The van der Waals surface area contributed by atoms with Gasteiger partial charge >= 0.3 is 11.9 Å². The number of nitrogens with zero attached hydrogens (tertiary/aromatic N) is 2. The van der Waals surface area contributed by atoms with Crippen LogP contribution in [0.1, 0.15) is 32.6 Å². The fraction of sp³-hybridized carbons (Fsp3) is 0.591. The molecule has 1 aromatic carbocycles. The van der Waals surface area contributed by atoms with Crippen molar-refractivity contribution >= 4 is 17.8 Å². The summed E-state index contributed by atoms with van der Waals surface area (Å²) in [4.78, 5) is 35.1. The number of piperazine rings is 1. The lowest BCUT2D eigenvalue weighted by Gasteiger charge is -2.41. The molecule has 2 N–H and O–H groups in total. The normalized spacial score (nSPS) is 21.4. The van der Waals surface area contributed by atoms with E-state index in [0.29, 0.717) is 5.75 Å². The highest BCUT2D eigenvalue weighted by atomic mass is 16.5. The summed E-state index contributed by atoms with van der Waals surface area (Å²) in [5.74, 6) is -1.21. The van der Waals surface area contributed by atoms with Crippen LogP contribution in [0.4, 0.5) is 0 Å². The van der Waals surface area contributed by atoms with E-state index in [1.165, 1.54) is 25.7 Å². The minimum absolute atomic E-state index is 0.0766. The second kappa shape index (κ2) is 12.1. The molecule has 1 saturated heterocycles. The fourth-order valence-electron chi connectivity index (χ4n) is 3.85. The van der Waals surface area contributed by atoms with E-state index >= 15 is 0 Å². The molecule has 0 spiro atoms. The molecule has 1 amide bonds. The second-order valence-corrected chi connectivity index (χ2v) is 7.90. The molecule has 0 aromatic heterocycles. The smallest absolute Gasteiger partial charge is 0.414 e. The lowest BCUT2D eigenvalue weighted by molar-refractivity contribution is -0.159. The molecule has 31 heavy (non-hydrogen) atoms. The molecule has 1 saturated carbocycles. The topological polar surface area (TPSA) is 117 Å². The highest BCUT2D eigenvalue weighted by molar-refractivity contribution is 6.27. The molecule has 1 aliphatic heterocycles. The number of carboxylic acid groups (broad SMARTS) is 2. The summed E-state index contributed by atoms with van der Waals surface area (Å²) in [6, 6.07) is 8.05. The zero-order valence-electron chi connectivity index (χ0n) is 18.2. The molecular weight excluding hydrogens is 404 g/mol. The van der Waals surface area contributed by atoms with Crippen LogP contribution in [0.2, 0.25) is 0 Å². The summed E-state index contributed by atoms with van der Waals surface area (Å²) >= 11 is 0. The Morgan fingerprint density at radius 1 is 0.903 bits per heavy atom. The molecule has 172 valence electrons. The maximum absolute atomic E-state index is 12.4. The third kappa shape index (κ3) is 8.09. The third-order valence-electron chi connectivity index (χ3n) is 5.77. The second-order valence-electron chi connectivity index (χ2n) is 7.90. The maximum Gasteiger partial charge on any atom is 0.414 e. The number of aliphatic carboxylic acids is 2. The summed E-state index contributed by atoms with van der Waals surface area (Å²) in [7, 11) is 1.63. The van der Waals surface area contributed by atoms with Crippen molar-refractivity contribution in [2.45, 2.75) is 38.6 Å². The van der Waals surface area contributed by atoms with E-state index in [2.05, 4.69) is 11.8 Å². The van der Waals surface area contributed by atoms with Crippen LogP contribution in [0.3, 0.4) is 0 Å². The van der Waals surface area contributed by atoms with Crippen molar-refractivity contribution in [3.63, 3.8) is 0 Å². The Hall–Kier alpha value is -2.81. The van der Waals surface area contributed by atoms with Crippen LogP contribution in [0, 0.1) is 5.92 Å². The maximum atomic E-state index is 12.4. The Labute approximate surface area is 182 Å². The summed E-state index contributed by atoms with van der Waals surface area (Å²) in [6.45, 7) is 6.08. The van der Waals surface area contributed by atoms with E-state index in [4.69, 9.17) is 29.3 Å². The summed E-state index contributed by atoms with van der Waals surface area (Å²) in [5, 5.41) is 14.8. The molecule has 9 nitrogen and oxygen atoms in total. The van der Waals surface area contributed by atoms with Gasteiger partial charge in [0.05, 0.1) is 7.11 Å². The fourth-order valence-corrected chi connectivity index (χ4v) is 3.85. The number of methoxy groups -OCH3 is 1. The van der Waals surface area contributed by atoms with Crippen molar-refractivity contribution in [2.24, 2.45) is 5.92 Å². The van der Waals surface area contributed by atoms with Gasteiger partial charge in [0, 0.05) is 32.2 Å². The monoisotopic (exact) mass is 436 g/mol. The van der Waals surface area contributed by atoms with Crippen LogP contribution in [-0.4, -0.2) is 83.8 Å². The quantitative estimate of drug-likeness (QED) is 0.673. The number of rotatable bonds is 5. The van der Waals surface area contributed by atoms with Crippen LogP contribution < -0.4 is 9.47 Å². The molecule has 0 unspecified atom stereocenters. The SMILES string of the molecule is COc1ccc(OCC(=O)N2CCN(C3CCC(C)CC3)CC2)cc1.O=C(O)C(=O)O. The Morgan fingerprint density at radius 3 is 1.90 bits per heavy atom. The predicted molar refractivity (Wildman–Crippen MR) is 113 cm³/mol. The molecule has 0 atom stereocenters. The lowest BCUT2D eigenvalue weighted by atomic mass is 9.86. The number of ether oxygens (including phenoxy) is 2. The molecule has 2 aliphatic rings. The van der Waals surface area contributed by atoms with E-state index < -0.39 is 11.9 Å². The first-order valence-electron chi connectivity index (χ1n) is 10.5. The van der Waals surface area contributed by atoms with Gasteiger partial charge in [0.15, 0.2) is 6.61 Å². The third-order valence-corrected chi connectivity index (χ3v) is 5.77. The van der Waals surface area contributed by atoms with Crippen LogP contribution in [-0.2, 0) is 14.4 Å². The van der Waals surface area contributed by atoms with Crippen molar-refractivity contribution in [3.8, 4) is 11.5 Å². The highest BCUT2D eigenvalue weighted by Gasteiger charge is 2.28. The van der Waals surface area contributed by atoms with Gasteiger partial charge in [-0.05, 0) is 55.9 Å². The Morgan fingerprint density at radius 2 is 1.42 bits per heavy atom. The van der Waals surface area contributed by atoms with Crippen molar-refractivity contribution < 1.29 is 34.1 Å². The zero-order valence-corrected chi connectivity index (χ0v) is 18.2. The van der Waals surface area contributed by atoms with E-state index in [1.54, 1.807) is 7.11 Å². The first-order chi connectivity index (χ1) is 14.8. The summed E-state index contributed by atoms with van der Waals surface area (Å²) in [6.07, 6.45) is 5.32. The average molecular weight is 437 g/mol. The van der Waals surface area contributed by atoms with Gasteiger partial charge in [0.2, 0.25) is 0 Å². The predicted octanol–water partition coefficient (Wildman–Crippen LogP) is 1.95. The number of hydrogen-bond donors (Lipinski definition) is 2. The minimum Gasteiger partial charge on any atom is -0.497 e. The van der Waals surface area contributed by atoms with Crippen LogP contribution in [0.5, 0.6) is 11.5 Å². The first kappa shape index (κ1) is 24.5. The number of hydrogen-bond acceptors (Lipinski definition) is 6. The summed E-state index contributed by atoms with van der Waals surface area (Å²) < 4.78 is 10.7. The van der Waals surface area contributed by atoms with Crippen LogP contribution in [0.15, 0.2) is 24.3 Å². The average Bonchev–Trinajstić information content (AvgIpc) is 2.79. The van der Waals surface area contributed by atoms with E-state index in [9.17, 15) is 4.79 Å². The van der Waals surface area contributed by atoms with E-state index in [0.717, 1.165) is 43.9 Å². The molecule has 1 heterocycles.